The molecule has 0 radical (unpaired) electrons. The molecule has 3 nitrogen and oxygen atoms in total. The van der Waals surface area contributed by atoms with Crippen molar-refractivity contribution in [2.45, 2.75) is 26.4 Å². The van der Waals surface area contributed by atoms with Gasteiger partial charge in [0.2, 0.25) is 0 Å². The minimum absolute atomic E-state index is 0.169. The molecule has 3 heteroatoms. The molecule has 1 aliphatic heterocycles. The van der Waals surface area contributed by atoms with Gasteiger partial charge >= 0.3 is 0 Å². The molecule has 0 saturated carbocycles. The Morgan fingerprint density at radius 2 is 2.06 bits per heavy atom. The van der Waals surface area contributed by atoms with Crippen LogP contribution in [0, 0.1) is 6.92 Å². The number of rotatable bonds is 0. The summed E-state index contributed by atoms with van der Waals surface area (Å²) < 4.78 is 5.70. The van der Waals surface area contributed by atoms with Crippen LogP contribution < -0.4 is 4.74 Å². The predicted molar refractivity (Wildman–Crippen MR) is 60.9 cm³/mol. The third-order valence-corrected chi connectivity index (χ3v) is 2.77. The van der Waals surface area contributed by atoms with E-state index in [0.29, 0.717) is 11.3 Å². The summed E-state index contributed by atoms with van der Waals surface area (Å²) in [5.41, 5.74) is 1.01. The lowest BCUT2D eigenvalue weighted by molar-refractivity contribution is 0.0843. The van der Waals surface area contributed by atoms with Crippen LogP contribution in [-0.2, 0) is 0 Å². The molecular weight excluding hydrogens is 204 g/mol. The molecule has 1 heterocycles. The van der Waals surface area contributed by atoms with Crippen LogP contribution in [0.5, 0.6) is 5.75 Å². The fourth-order valence-corrected chi connectivity index (χ4v) is 1.87. The van der Waals surface area contributed by atoms with E-state index in [1.807, 2.05) is 13.0 Å². The smallest absolute Gasteiger partial charge is 0.199 e. The van der Waals surface area contributed by atoms with E-state index in [-0.39, 0.29) is 11.4 Å². The maximum absolute atomic E-state index is 12.1. The number of carbonyl (C=O) groups is 1. The van der Waals surface area contributed by atoms with Crippen LogP contribution in [0.4, 0.5) is 0 Å². The molecule has 1 aromatic carbocycles. The number of ether oxygens (including phenoxy) is 1. The van der Waals surface area contributed by atoms with Crippen LogP contribution in [0.25, 0.3) is 0 Å². The lowest BCUT2D eigenvalue weighted by atomic mass is 9.87. The first kappa shape index (κ1) is 10.7. The molecule has 0 atom stereocenters. The van der Waals surface area contributed by atoms with Gasteiger partial charge in [0.25, 0.3) is 0 Å². The van der Waals surface area contributed by atoms with Gasteiger partial charge < -0.3 is 9.84 Å². The second-order valence-electron chi connectivity index (χ2n) is 4.48. The van der Waals surface area contributed by atoms with E-state index in [2.05, 4.69) is 0 Å². The second-order valence-corrected chi connectivity index (χ2v) is 4.48. The van der Waals surface area contributed by atoms with Gasteiger partial charge in [-0.15, -0.1) is 0 Å². The molecule has 1 aromatic rings. The number of ketones is 1. The minimum atomic E-state index is -0.784. The molecule has 2 rings (SSSR count). The molecule has 0 aromatic heterocycles. The summed E-state index contributed by atoms with van der Waals surface area (Å²) in [6.45, 7) is 5.43. The quantitative estimate of drug-likeness (QED) is 0.538. The topological polar surface area (TPSA) is 46.5 Å². The van der Waals surface area contributed by atoms with Crippen molar-refractivity contribution in [2.75, 3.05) is 0 Å². The first-order valence-electron chi connectivity index (χ1n) is 5.15. The Kier molecular flexibility index (Phi) is 2.26. The van der Waals surface area contributed by atoms with Gasteiger partial charge in [0.1, 0.15) is 11.4 Å². The molecule has 0 aliphatic carbocycles. The predicted octanol–water partition coefficient (Wildman–Crippen LogP) is 2.79. The van der Waals surface area contributed by atoms with Gasteiger partial charge in [-0.25, -0.2) is 0 Å². The van der Waals surface area contributed by atoms with Crippen LogP contribution in [0.2, 0.25) is 0 Å². The average Bonchev–Trinajstić information content (AvgIpc) is 2.19. The Morgan fingerprint density at radius 1 is 1.38 bits per heavy atom. The van der Waals surface area contributed by atoms with Crippen molar-refractivity contribution in [3.63, 3.8) is 0 Å². The van der Waals surface area contributed by atoms with Crippen molar-refractivity contribution >= 4 is 5.78 Å². The fraction of sp³-hybridized carbons (Fsp3) is 0.308. The van der Waals surface area contributed by atoms with Crippen molar-refractivity contribution in [3.8, 4) is 5.75 Å². The van der Waals surface area contributed by atoms with Gasteiger partial charge in [0.05, 0.1) is 17.4 Å². The van der Waals surface area contributed by atoms with Gasteiger partial charge in [-0.3, -0.25) is 4.79 Å². The molecule has 0 amide bonds. The summed E-state index contributed by atoms with van der Waals surface area (Å²) in [5, 5.41) is 9.13. The lowest BCUT2D eigenvalue weighted by Gasteiger charge is -2.33. The summed E-state index contributed by atoms with van der Waals surface area (Å²) >= 11 is 0. The molecule has 0 bridgehead atoms. The maximum Gasteiger partial charge on any atom is 0.199 e. The average molecular weight is 218 g/mol. The highest BCUT2D eigenvalue weighted by Crippen LogP contribution is 2.36. The summed E-state index contributed by atoms with van der Waals surface area (Å²) in [6.07, 6.45) is 0.841. The molecule has 84 valence electrons. The van der Waals surface area contributed by atoms with Crippen molar-refractivity contribution in [3.05, 3.63) is 41.2 Å². The third kappa shape index (κ3) is 1.48. The molecule has 0 fully saturated rings. The van der Waals surface area contributed by atoms with E-state index in [1.165, 1.54) is 0 Å². The molecule has 16 heavy (non-hydrogen) atoms. The molecular formula is C13H14O3. The Morgan fingerprint density at radius 3 is 2.69 bits per heavy atom. The Bertz CT molecular complexity index is 484. The summed E-state index contributed by atoms with van der Waals surface area (Å²) in [7, 11) is 0. The van der Waals surface area contributed by atoms with E-state index >= 15 is 0 Å². The zero-order chi connectivity index (χ0) is 11.9. The number of hydrogen-bond donors (Lipinski definition) is 1. The van der Waals surface area contributed by atoms with Gasteiger partial charge in [0, 0.05) is 0 Å². The Balaban J connectivity index is 2.62. The largest absolute Gasteiger partial charge is 0.515 e. The highest BCUT2D eigenvalue weighted by Gasteiger charge is 2.38. The highest BCUT2D eigenvalue weighted by molar-refractivity contribution is 6.12. The van der Waals surface area contributed by atoms with E-state index in [1.54, 1.807) is 26.0 Å². The standard InChI is InChI=1S/C13H14O3/c1-8-4-5-11-9(6-8)12(15)10(7-14)13(2,3)16-11/h4-7,14H,1-3H3/b10-7+. The Hall–Kier alpha value is -1.77. The summed E-state index contributed by atoms with van der Waals surface area (Å²) in [6, 6.07) is 5.46. The molecule has 0 unspecified atom stereocenters. The van der Waals surface area contributed by atoms with E-state index in [0.717, 1.165) is 11.8 Å². The van der Waals surface area contributed by atoms with E-state index in [4.69, 9.17) is 9.84 Å². The fourth-order valence-electron chi connectivity index (χ4n) is 1.87. The number of benzene rings is 1. The van der Waals surface area contributed by atoms with Crippen molar-refractivity contribution < 1.29 is 14.6 Å². The normalized spacial score (nSPS) is 20.4. The zero-order valence-corrected chi connectivity index (χ0v) is 9.57. The Labute approximate surface area is 94.4 Å². The zero-order valence-electron chi connectivity index (χ0n) is 9.57. The number of Topliss-reactive ketones (excluding diaryl/α,β-unsaturated/α-hetero) is 1. The van der Waals surface area contributed by atoms with Crippen molar-refractivity contribution in [1.29, 1.82) is 0 Å². The van der Waals surface area contributed by atoms with E-state index < -0.39 is 5.60 Å². The van der Waals surface area contributed by atoms with Crippen LogP contribution >= 0.6 is 0 Å². The van der Waals surface area contributed by atoms with Gasteiger partial charge in [-0.2, -0.15) is 0 Å². The van der Waals surface area contributed by atoms with Gasteiger partial charge in [-0.05, 0) is 32.9 Å². The van der Waals surface area contributed by atoms with Gasteiger partial charge in [0.15, 0.2) is 5.78 Å². The third-order valence-electron chi connectivity index (χ3n) is 2.77. The molecule has 0 spiro atoms. The first-order chi connectivity index (χ1) is 7.45. The number of fused-ring (bicyclic) bond motifs is 1. The molecule has 1 N–H and O–H groups in total. The number of aryl methyl sites for hydroxylation is 1. The van der Waals surface area contributed by atoms with Crippen LogP contribution in [0.1, 0.15) is 29.8 Å². The van der Waals surface area contributed by atoms with Crippen LogP contribution in [0.3, 0.4) is 0 Å². The number of carbonyl (C=O) groups excluding carboxylic acids is 1. The molecule has 0 saturated heterocycles. The monoisotopic (exact) mass is 218 g/mol. The first-order valence-corrected chi connectivity index (χ1v) is 5.15. The lowest BCUT2D eigenvalue weighted by Crippen LogP contribution is -2.39. The van der Waals surface area contributed by atoms with Crippen LogP contribution in [-0.4, -0.2) is 16.5 Å². The summed E-state index contributed by atoms with van der Waals surface area (Å²) in [4.78, 5) is 12.1. The second kappa shape index (κ2) is 3.37. The van der Waals surface area contributed by atoms with E-state index in [9.17, 15) is 4.79 Å². The van der Waals surface area contributed by atoms with Crippen molar-refractivity contribution in [2.24, 2.45) is 0 Å². The highest BCUT2D eigenvalue weighted by atomic mass is 16.5. The summed E-state index contributed by atoms with van der Waals surface area (Å²) in [5.74, 6) is 0.406. The minimum Gasteiger partial charge on any atom is -0.515 e. The number of hydrogen-bond acceptors (Lipinski definition) is 3. The number of aliphatic hydroxyl groups excluding tert-OH is 1. The maximum atomic E-state index is 12.1. The SMILES string of the molecule is Cc1ccc2c(c1)C(=O)/C(=C\O)C(C)(C)O2. The van der Waals surface area contributed by atoms with Crippen molar-refractivity contribution in [1.82, 2.24) is 0 Å². The number of aliphatic hydroxyl groups is 1. The van der Waals surface area contributed by atoms with Gasteiger partial charge in [-0.1, -0.05) is 11.6 Å². The van der Waals surface area contributed by atoms with Crippen LogP contribution in [0.15, 0.2) is 30.0 Å². The molecule has 1 aliphatic rings.